The number of anilines is 1. The van der Waals surface area contributed by atoms with Crippen LogP contribution >= 0.6 is 0 Å². The molecule has 0 fully saturated rings. The number of amides is 1. The van der Waals surface area contributed by atoms with Gasteiger partial charge in [0, 0.05) is 25.2 Å². The highest BCUT2D eigenvalue weighted by atomic mass is 32.2. The van der Waals surface area contributed by atoms with E-state index in [1.807, 2.05) is 0 Å². The average molecular weight is 347 g/mol. The highest BCUT2D eigenvalue weighted by Crippen LogP contribution is 2.32. The number of nitro groups is 1. The molecule has 8 nitrogen and oxygen atoms in total. The molecule has 0 atom stereocenters. The van der Waals surface area contributed by atoms with Crippen LogP contribution in [0, 0.1) is 10.1 Å². The second-order valence-electron chi connectivity index (χ2n) is 5.12. The molecule has 0 saturated heterocycles. The van der Waals surface area contributed by atoms with Gasteiger partial charge >= 0.3 is 0 Å². The minimum Gasteiger partial charge on any atom is -0.382 e. The van der Waals surface area contributed by atoms with Gasteiger partial charge in [-0.2, -0.15) is 0 Å². The molecule has 1 heterocycles. The fraction of sp³-hybridized carbons (Fsp3) is 0.133. The fourth-order valence-corrected chi connectivity index (χ4v) is 4.12. The smallest absolute Gasteiger partial charge is 0.270 e. The Bertz CT molecular complexity index is 940. The number of hydrogen-bond acceptors (Lipinski definition) is 6. The first-order valence-corrected chi connectivity index (χ1v) is 8.54. The van der Waals surface area contributed by atoms with E-state index in [0.29, 0.717) is 0 Å². The third-order valence-electron chi connectivity index (χ3n) is 3.61. The number of sulfone groups is 1. The van der Waals surface area contributed by atoms with Crippen LogP contribution in [0.3, 0.4) is 0 Å². The molecule has 0 saturated carbocycles. The summed E-state index contributed by atoms with van der Waals surface area (Å²) in [4.78, 5) is 22.1. The number of carbonyl (C=O) groups is 1. The summed E-state index contributed by atoms with van der Waals surface area (Å²) in [6.07, 6.45) is 0. The number of carbonyl (C=O) groups excluding carboxylic acids is 1. The van der Waals surface area contributed by atoms with Gasteiger partial charge in [-0.15, -0.1) is 0 Å². The van der Waals surface area contributed by atoms with E-state index in [4.69, 9.17) is 0 Å². The van der Waals surface area contributed by atoms with Crippen molar-refractivity contribution in [3.63, 3.8) is 0 Å². The molecule has 0 aliphatic carbocycles. The Morgan fingerprint density at radius 3 is 2.46 bits per heavy atom. The summed E-state index contributed by atoms with van der Waals surface area (Å²) in [6, 6.07) is 9.39. The lowest BCUT2D eigenvalue weighted by atomic mass is 10.2. The zero-order valence-corrected chi connectivity index (χ0v) is 13.2. The first-order valence-electron chi connectivity index (χ1n) is 7.06. The standard InChI is InChI=1S/C15H13N3O5S/c19-15-11-3-1-2-4-13(11)24(22,23)14-9-10(18(20)21)5-6-12(14)16-7-8-17-15/h1-6,9,16H,7-8H2,(H,17,19). The third kappa shape index (κ3) is 2.69. The van der Waals surface area contributed by atoms with Gasteiger partial charge in [-0.3, -0.25) is 14.9 Å². The molecule has 0 bridgehead atoms. The van der Waals surface area contributed by atoms with Crippen molar-refractivity contribution < 1.29 is 18.1 Å². The van der Waals surface area contributed by atoms with E-state index < -0.39 is 20.7 Å². The van der Waals surface area contributed by atoms with Crippen LogP contribution < -0.4 is 10.6 Å². The number of rotatable bonds is 1. The molecule has 2 N–H and O–H groups in total. The van der Waals surface area contributed by atoms with Crippen LogP contribution in [0.4, 0.5) is 11.4 Å². The highest BCUT2D eigenvalue weighted by molar-refractivity contribution is 7.91. The summed E-state index contributed by atoms with van der Waals surface area (Å²) < 4.78 is 26.0. The largest absolute Gasteiger partial charge is 0.382 e. The summed E-state index contributed by atoms with van der Waals surface area (Å²) in [5.41, 5.74) is -0.0680. The number of hydrogen-bond donors (Lipinski definition) is 2. The Labute approximate surface area is 137 Å². The topological polar surface area (TPSA) is 118 Å². The van der Waals surface area contributed by atoms with Gasteiger partial charge in [-0.25, -0.2) is 8.42 Å². The van der Waals surface area contributed by atoms with E-state index in [2.05, 4.69) is 10.6 Å². The summed E-state index contributed by atoms with van der Waals surface area (Å²) in [5.74, 6) is -0.509. The molecule has 1 amide bonds. The van der Waals surface area contributed by atoms with Crippen LogP contribution in [0.25, 0.3) is 0 Å². The summed E-state index contributed by atoms with van der Waals surface area (Å²) in [7, 11) is -4.12. The number of nitrogens with zero attached hydrogens (tertiary/aromatic N) is 1. The lowest BCUT2D eigenvalue weighted by Gasteiger charge is -2.17. The van der Waals surface area contributed by atoms with Crippen LogP contribution in [0.15, 0.2) is 52.3 Å². The molecule has 0 spiro atoms. The summed E-state index contributed by atoms with van der Waals surface area (Å²) in [5, 5.41) is 16.5. The van der Waals surface area contributed by atoms with Crippen LogP contribution in [-0.4, -0.2) is 32.3 Å². The van der Waals surface area contributed by atoms with E-state index in [-0.39, 0.29) is 39.8 Å². The van der Waals surface area contributed by atoms with Crippen LogP contribution in [-0.2, 0) is 9.84 Å². The van der Waals surface area contributed by atoms with Crippen LogP contribution in [0.5, 0.6) is 0 Å². The molecular weight excluding hydrogens is 334 g/mol. The van der Waals surface area contributed by atoms with Crippen molar-refractivity contribution >= 4 is 27.1 Å². The molecular formula is C15H13N3O5S. The summed E-state index contributed by atoms with van der Waals surface area (Å²) >= 11 is 0. The fourth-order valence-electron chi connectivity index (χ4n) is 2.47. The Hall–Kier alpha value is -2.94. The predicted molar refractivity (Wildman–Crippen MR) is 85.8 cm³/mol. The monoisotopic (exact) mass is 347 g/mol. The second kappa shape index (κ2) is 5.93. The van der Waals surface area contributed by atoms with Crippen molar-refractivity contribution in [2.75, 3.05) is 18.4 Å². The maximum absolute atomic E-state index is 13.0. The zero-order chi connectivity index (χ0) is 17.3. The van der Waals surface area contributed by atoms with Gasteiger partial charge in [-0.1, -0.05) is 12.1 Å². The SMILES string of the molecule is O=C1NCCNc2ccc([N+](=O)[O-])cc2S(=O)(=O)c2ccccc21. The van der Waals surface area contributed by atoms with Gasteiger partial charge in [0.25, 0.3) is 11.6 Å². The molecule has 2 aromatic carbocycles. The quantitative estimate of drug-likeness (QED) is 0.597. The van der Waals surface area contributed by atoms with E-state index in [1.165, 1.54) is 30.3 Å². The molecule has 9 heteroatoms. The zero-order valence-electron chi connectivity index (χ0n) is 12.4. The molecule has 3 rings (SSSR count). The lowest BCUT2D eigenvalue weighted by Crippen LogP contribution is -2.31. The Kier molecular flexibility index (Phi) is 3.94. The molecule has 24 heavy (non-hydrogen) atoms. The Morgan fingerprint density at radius 2 is 1.71 bits per heavy atom. The van der Waals surface area contributed by atoms with E-state index in [0.717, 1.165) is 6.07 Å². The molecule has 0 aromatic heterocycles. The minimum absolute atomic E-state index is 0.0110. The first kappa shape index (κ1) is 15.9. The van der Waals surface area contributed by atoms with Gasteiger partial charge in [0.1, 0.15) is 4.90 Å². The van der Waals surface area contributed by atoms with Crippen molar-refractivity contribution in [3.05, 3.63) is 58.1 Å². The molecule has 1 aliphatic heterocycles. The number of fused-ring (bicyclic) bond motifs is 2. The van der Waals surface area contributed by atoms with Gasteiger partial charge in [-0.05, 0) is 18.2 Å². The van der Waals surface area contributed by atoms with E-state index in [9.17, 15) is 23.3 Å². The maximum Gasteiger partial charge on any atom is 0.270 e. The van der Waals surface area contributed by atoms with E-state index in [1.54, 1.807) is 6.07 Å². The van der Waals surface area contributed by atoms with Crippen LogP contribution in [0.1, 0.15) is 10.4 Å². The third-order valence-corrected chi connectivity index (χ3v) is 5.46. The van der Waals surface area contributed by atoms with Crippen molar-refractivity contribution in [1.82, 2.24) is 5.32 Å². The molecule has 1 aliphatic rings. The van der Waals surface area contributed by atoms with Crippen molar-refractivity contribution in [2.24, 2.45) is 0 Å². The van der Waals surface area contributed by atoms with Crippen molar-refractivity contribution in [1.29, 1.82) is 0 Å². The minimum atomic E-state index is -4.12. The number of nitro benzene ring substituents is 1. The lowest BCUT2D eigenvalue weighted by molar-refractivity contribution is -0.385. The normalized spacial score (nSPS) is 16.1. The van der Waals surface area contributed by atoms with Crippen molar-refractivity contribution in [2.45, 2.75) is 9.79 Å². The molecule has 2 aromatic rings. The molecule has 0 unspecified atom stereocenters. The van der Waals surface area contributed by atoms with Gasteiger partial charge in [0.15, 0.2) is 0 Å². The van der Waals surface area contributed by atoms with Crippen LogP contribution in [0.2, 0.25) is 0 Å². The van der Waals surface area contributed by atoms with Gasteiger partial charge in [0.05, 0.1) is 21.1 Å². The molecule has 0 radical (unpaired) electrons. The second-order valence-corrected chi connectivity index (χ2v) is 7.01. The average Bonchev–Trinajstić information content (AvgIpc) is 2.57. The predicted octanol–water partition coefficient (Wildman–Crippen LogP) is 1.58. The summed E-state index contributed by atoms with van der Waals surface area (Å²) in [6.45, 7) is 0.567. The van der Waals surface area contributed by atoms with Crippen molar-refractivity contribution in [3.8, 4) is 0 Å². The Morgan fingerprint density at radius 1 is 1.00 bits per heavy atom. The van der Waals surface area contributed by atoms with Gasteiger partial charge in [0.2, 0.25) is 9.84 Å². The number of benzene rings is 2. The number of nitrogens with one attached hydrogen (secondary N) is 2. The Balaban J connectivity index is 2.30. The number of non-ortho nitro benzene ring substituents is 1. The van der Waals surface area contributed by atoms with E-state index >= 15 is 0 Å². The maximum atomic E-state index is 13.0. The highest BCUT2D eigenvalue weighted by Gasteiger charge is 2.29. The first-order chi connectivity index (χ1) is 11.4. The molecule has 124 valence electrons. The van der Waals surface area contributed by atoms with Gasteiger partial charge < -0.3 is 10.6 Å².